The molecule has 0 bridgehead atoms. The molecular weight excluding hydrogens is 470 g/mol. The first-order chi connectivity index (χ1) is 17.8. The molecule has 2 fully saturated rings. The SMILES string of the molecule is C[C@H]1CN(CC2CCOCC2)CCN1C(=O)N1Cc2c(NC(=O)c3cccc(C#N)c3)n[nH]c2C1(C)C. The number of nitrogens with zero attached hydrogens (tertiary/aromatic N) is 5. The van der Waals surface area contributed by atoms with E-state index in [2.05, 4.69) is 33.4 Å². The molecule has 5 rings (SSSR count). The third-order valence-electron chi connectivity index (χ3n) is 8.00. The molecule has 0 spiro atoms. The molecule has 1 aromatic carbocycles. The Balaban J connectivity index is 1.25. The average Bonchev–Trinajstić information content (AvgIpc) is 3.42. The summed E-state index contributed by atoms with van der Waals surface area (Å²) in [6, 6.07) is 8.70. The summed E-state index contributed by atoms with van der Waals surface area (Å²) in [5.41, 5.74) is 1.84. The van der Waals surface area contributed by atoms with Gasteiger partial charge in [0, 0.05) is 56.6 Å². The zero-order valence-corrected chi connectivity index (χ0v) is 21.8. The molecular formula is C27H35N7O3. The van der Waals surface area contributed by atoms with Gasteiger partial charge in [0.25, 0.3) is 5.91 Å². The Kier molecular flexibility index (Phi) is 6.92. The van der Waals surface area contributed by atoms with Gasteiger partial charge < -0.3 is 19.9 Å². The molecule has 0 saturated carbocycles. The Morgan fingerprint density at radius 3 is 2.78 bits per heavy atom. The van der Waals surface area contributed by atoms with Crippen LogP contribution in [-0.2, 0) is 16.8 Å². The minimum absolute atomic E-state index is 0.00631. The van der Waals surface area contributed by atoms with Crippen LogP contribution >= 0.6 is 0 Å². The van der Waals surface area contributed by atoms with Crippen molar-refractivity contribution in [2.75, 3.05) is 44.7 Å². The van der Waals surface area contributed by atoms with Crippen LogP contribution in [0, 0.1) is 17.2 Å². The number of nitriles is 1. The predicted molar refractivity (Wildman–Crippen MR) is 138 cm³/mol. The zero-order chi connectivity index (χ0) is 26.2. The summed E-state index contributed by atoms with van der Waals surface area (Å²) in [5.74, 6) is 0.748. The van der Waals surface area contributed by atoms with Gasteiger partial charge in [-0.3, -0.25) is 14.8 Å². The second kappa shape index (κ2) is 10.1. The highest BCUT2D eigenvalue weighted by Gasteiger charge is 2.46. The quantitative estimate of drug-likeness (QED) is 0.659. The minimum Gasteiger partial charge on any atom is -0.381 e. The normalized spacial score (nSPS) is 21.9. The Bertz CT molecular complexity index is 1210. The molecule has 10 nitrogen and oxygen atoms in total. The molecule has 10 heteroatoms. The highest BCUT2D eigenvalue weighted by atomic mass is 16.5. The van der Waals surface area contributed by atoms with Gasteiger partial charge in [-0.05, 0) is 57.7 Å². The summed E-state index contributed by atoms with van der Waals surface area (Å²) in [4.78, 5) is 33.0. The first-order valence-corrected chi connectivity index (χ1v) is 13.1. The first-order valence-electron chi connectivity index (χ1n) is 13.1. The van der Waals surface area contributed by atoms with Crippen LogP contribution in [0.3, 0.4) is 0 Å². The number of piperazine rings is 1. The van der Waals surface area contributed by atoms with Gasteiger partial charge >= 0.3 is 6.03 Å². The molecule has 3 aliphatic rings. The summed E-state index contributed by atoms with van der Waals surface area (Å²) >= 11 is 0. The highest BCUT2D eigenvalue weighted by molar-refractivity contribution is 6.04. The molecule has 2 N–H and O–H groups in total. The van der Waals surface area contributed by atoms with Crippen molar-refractivity contribution in [1.82, 2.24) is 24.9 Å². The largest absolute Gasteiger partial charge is 0.381 e. The number of urea groups is 1. The lowest BCUT2D eigenvalue weighted by atomic mass is 9.99. The van der Waals surface area contributed by atoms with Gasteiger partial charge in [0.2, 0.25) is 0 Å². The number of hydrogen-bond donors (Lipinski definition) is 2. The van der Waals surface area contributed by atoms with E-state index < -0.39 is 5.54 Å². The Morgan fingerprint density at radius 2 is 2.05 bits per heavy atom. The van der Waals surface area contributed by atoms with Crippen molar-refractivity contribution in [1.29, 1.82) is 5.26 Å². The van der Waals surface area contributed by atoms with Crippen molar-refractivity contribution in [3.8, 4) is 6.07 Å². The van der Waals surface area contributed by atoms with E-state index in [-0.39, 0.29) is 18.0 Å². The first kappa shape index (κ1) is 25.2. The third-order valence-corrected chi connectivity index (χ3v) is 8.00. The number of H-pyrrole nitrogens is 1. The summed E-state index contributed by atoms with van der Waals surface area (Å²) in [7, 11) is 0. The fourth-order valence-corrected chi connectivity index (χ4v) is 5.77. The predicted octanol–water partition coefficient (Wildman–Crippen LogP) is 3.14. The molecule has 196 valence electrons. The van der Waals surface area contributed by atoms with Crippen LogP contribution in [0.5, 0.6) is 0 Å². The van der Waals surface area contributed by atoms with Gasteiger partial charge in [-0.1, -0.05) is 6.07 Å². The van der Waals surface area contributed by atoms with Gasteiger partial charge in [-0.25, -0.2) is 4.79 Å². The number of amides is 3. The van der Waals surface area contributed by atoms with Crippen LogP contribution in [0.25, 0.3) is 0 Å². The van der Waals surface area contributed by atoms with Crippen LogP contribution in [0.15, 0.2) is 24.3 Å². The lowest BCUT2D eigenvalue weighted by molar-refractivity contribution is 0.0290. The molecule has 2 aromatic rings. The van der Waals surface area contributed by atoms with Crippen molar-refractivity contribution in [3.63, 3.8) is 0 Å². The molecule has 1 atom stereocenters. The second-order valence-electron chi connectivity index (χ2n) is 10.9. The molecule has 2 saturated heterocycles. The molecule has 0 radical (unpaired) electrons. The third kappa shape index (κ3) is 4.93. The number of benzene rings is 1. The molecule has 3 aliphatic heterocycles. The molecule has 1 aromatic heterocycles. The number of rotatable bonds is 4. The Morgan fingerprint density at radius 1 is 1.27 bits per heavy atom. The van der Waals surface area contributed by atoms with Crippen LogP contribution in [0.4, 0.5) is 10.6 Å². The van der Waals surface area contributed by atoms with E-state index in [4.69, 9.17) is 10.00 Å². The lowest BCUT2D eigenvalue weighted by Crippen LogP contribution is -2.59. The number of carbonyl (C=O) groups excluding carboxylic acids is 2. The maximum atomic E-state index is 13.8. The number of ether oxygens (including phenoxy) is 1. The van der Waals surface area contributed by atoms with E-state index in [1.165, 1.54) is 0 Å². The topological polar surface area (TPSA) is 118 Å². The number of anilines is 1. The monoisotopic (exact) mass is 505 g/mol. The summed E-state index contributed by atoms with van der Waals surface area (Å²) in [6.45, 7) is 11.7. The Hall–Kier alpha value is -3.42. The van der Waals surface area contributed by atoms with E-state index >= 15 is 0 Å². The number of aromatic nitrogens is 2. The molecule has 0 aliphatic carbocycles. The van der Waals surface area contributed by atoms with E-state index in [0.29, 0.717) is 36.0 Å². The fourth-order valence-electron chi connectivity index (χ4n) is 5.77. The summed E-state index contributed by atoms with van der Waals surface area (Å²) < 4.78 is 5.50. The van der Waals surface area contributed by atoms with Crippen molar-refractivity contribution >= 4 is 17.8 Å². The van der Waals surface area contributed by atoms with Gasteiger partial charge in [0.1, 0.15) is 0 Å². The van der Waals surface area contributed by atoms with Crippen LogP contribution in [0.2, 0.25) is 0 Å². The maximum absolute atomic E-state index is 13.8. The van der Waals surface area contributed by atoms with Crippen molar-refractivity contribution < 1.29 is 14.3 Å². The van der Waals surface area contributed by atoms with Crippen molar-refractivity contribution in [3.05, 3.63) is 46.6 Å². The summed E-state index contributed by atoms with van der Waals surface area (Å²) in [6.07, 6.45) is 2.23. The Labute approximate surface area is 217 Å². The van der Waals surface area contributed by atoms with E-state index in [1.807, 2.05) is 23.6 Å². The number of hydrogen-bond acceptors (Lipinski definition) is 6. The van der Waals surface area contributed by atoms with Gasteiger partial charge in [-0.2, -0.15) is 10.4 Å². The maximum Gasteiger partial charge on any atom is 0.321 e. The van der Waals surface area contributed by atoms with Gasteiger partial charge in [0.15, 0.2) is 5.82 Å². The van der Waals surface area contributed by atoms with E-state index in [0.717, 1.165) is 56.9 Å². The number of fused-ring (bicyclic) bond motifs is 1. The molecule has 0 unspecified atom stereocenters. The lowest BCUT2D eigenvalue weighted by Gasteiger charge is -2.44. The van der Waals surface area contributed by atoms with Crippen molar-refractivity contribution in [2.24, 2.45) is 5.92 Å². The van der Waals surface area contributed by atoms with Crippen LogP contribution in [0.1, 0.15) is 60.8 Å². The van der Waals surface area contributed by atoms with E-state index in [9.17, 15) is 9.59 Å². The number of aromatic amines is 1. The molecule has 3 amide bonds. The standard InChI is InChI=1S/C27H35N7O3/c1-18-15-32(16-19-7-11-37-12-8-19)9-10-33(18)26(36)34-17-22-23(27(34,2)3)30-31-24(22)29-25(35)21-6-4-5-20(13-21)14-28/h4-6,13,18-19H,7-12,15-17H2,1-3H3,(H2,29,30,31,35)/t18-/m0/s1. The highest BCUT2D eigenvalue weighted by Crippen LogP contribution is 2.41. The number of nitrogens with one attached hydrogen (secondary N) is 2. The van der Waals surface area contributed by atoms with Gasteiger partial charge in [-0.15, -0.1) is 0 Å². The average molecular weight is 506 g/mol. The van der Waals surface area contributed by atoms with Crippen LogP contribution in [-0.4, -0.2) is 82.3 Å². The van der Waals surface area contributed by atoms with Gasteiger partial charge in [0.05, 0.1) is 29.4 Å². The second-order valence-corrected chi connectivity index (χ2v) is 10.9. The summed E-state index contributed by atoms with van der Waals surface area (Å²) in [5, 5.41) is 19.4. The smallest absolute Gasteiger partial charge is 0.321 e. The minimum atomic E-state index is -0.595. The molecule has 37 heavy (non-hydrogen) atoms. The fraction of sp³-hybridized carbons (Fsp3) is 0.556. The van der Waals surface area contributed by atoms with Crippen molar-refractivity contribution in [2.45, 2.75) is 51.7 Å². The van der Waals surface area contributed by atoms with Crippen LogP contribution < -0.4 is 5.32 Å². The van der Waals surface area contributed by atoms with E-state index in [1.54, 1.807) is 24.3 Å². The number of carbonyl (C=O) groups is 2. The molecule has 4 heterocycles. The zero-order valence-electron chi connectivity index (χ0n) is 21.8.